The molecular formula is C102H106F2N2O4. The third-order valence-corrected chi connectivity index (χ3v) is 22.4. The zero-order valence-corrected chi connectivity index (χ0v) is 67.1. The van der Waals surface area contributed by atoms with E-state index in [1.165, 1.54) is 35.4 Å². The van der Waals surface area contributed by atoms with Crippen molar-refractivity contribution in [2.45, 2.75) is 159 Å². The Kier molecular flexibility index (Phi) is 20.5. The van der Waals surface area contributed by atoms with Crippen molar-refractivity contribution in [3.05, 3.63) is 290 Å². The Balaban J connectivity index is 0.855. The van der Waals surface area contributed by atoms with E-state index >= 15 is 8.78 Å². The van der Waals surface area contributed by atoms with Gasteiger partial charge in [-0.15, -0.1) is 0 Å². The summed E-state index contributed by atoms with van der Waals surface area (Å²) in [6.07, 6.45) is 2.79. The first kappa shape index (κ1) is 76.1. The van der Waals surface area contributed by atoms with Gasteiger partial charge in [0.2, 0.25) is 11.5 Å². The highest BCUT2D eigenvalue weighted by Crippen LogP contribution is 2.53. The highest BCUT2D eigenvalue weighted by atomic mass is 19.1. The van der Waals surface area contributed by atoms with Crippen LogP contribution in [0.2, 0.25) is 0 Å². The Labute approximate surface area is 650 Å². The van der Waals surface area contributed by atoms with Crippen LogP contribution in [-0.4, -0.2) is 32.6 Å². The number of benzene rings is 12. The molecule has 8 heteroatoms. The van der Waals surface area contributed by atoms with Crippen LogP contribution in [0.25, 0.3) is 122 Å². The monoisotopic (exact) mass is 1460 g/mol. The molecule has 2 heterocycles. The molecule has 0 atom stereocenters. The summed E-state index contributed by atoms with van der Waals surface area (Å²) >= 11 is 0. The van der Waals surface area contributed by atoms with E-state index in [9.17, 15) is 10.2 Å². The van der Waals surface area contributed by atoms with Crippen LogP contribution in [0.1, 0.15) is 168 Å². The number of phenols is 2. The molecule has 0 saturated carbocycles. The van der Waals surface area contributed by atoms with Crippen molar-refractivity contribution in [3.63, 3.8) is 0 Å². The van der Waals surface area contributed by atoms with Crippen molar-refractivity contribution in [3.8, 4) is 101 Å². The Morgan fingerprint density at radius 3 is 0.982 bits per heavy atom. The lowest BCUT2D eigenvalue weighted by Crippen LogP contribution is -2.25. The molecule has 14 rings (SSSR count). The SMILES string of the molecule is [CH2-][O+](CCCC[O+]([CH2-])c1c(C)cc(F)cc1-c1cc(C(C)(C)CC(C)(C)C)cc(-n2c3cc(-c4cccc(C(C)C)c4)ccc3c3ccc(-c4cccc(C(C)C)c4)cc32)c1O)c1c(C)cc(F)cc1-c1cc(C(C)(C)CC(C)(C)C)cc(-n2c3cc(-c4ccccc4)ccc3c3ccc(-c4ccccc4)cc32)c1O. The fourth-order valence-corrected chi connectivity index (χ4v) is 17.7. The van der Waals surface area contributed by atoms with Gasteiger partial charge >= 0.3 is 0 Å². The molecule has 0 aliphatic rings. The van der Waals surface area contributed by atoms with Gasteiger partial charge in [0.05, 0.1) is 44.6 Å². The molecule has 0 fully saturated rings. The summed E-state index contributed by atoms with van der Waals surface area (Å²) in [6.45, 7) is 36.0. The molecule has 0 unspecified atom stereocenters. The number of halogens is 2. The second-order valence-electron chi connectivity index (χ2n) is 35.2. The number of aromatic hydroxyl groups is 2. The summed E-state index contributed by atoms with van der Waals surface area (Å²) in [5.74, 6) is 1.06. The lowest BCUT2D eigenvalue weighted by Gasteiger charge is -2.35. The smallest absolute Gasteiger partial charge is 0.237 e. The van der Waals surface area contributed by atoms with Crippen LogP contribution in [0, 0.1) is 50.5 Å². The van der Waals surface area contributed by atoms with Crippen molar-refractivity contribution in [1.29, 1.82) is 0 Å². The zero-order chi connectivity index (χ0) is 78.2. The van der Waals surface area contributed by atoms with Crippen molar-refractivity contribution in [1.82, 2.24) is 9.13 Å². The number of unbranched alkanes of at least 4 members (excludes halogenated alkanes) is 1. The van der Waals surface area contributed by atoms with Gasteiger partial charge in [0.1, 0.15) is 36.3 Å². The highest BCUT2D eigenvalue weighted by Gasteiger charge is 2.35. The topological polar surface area (TPSA) is 55.7 Å². The van der Waals surface area contributed by atoms with E-state index < -0.39 is 22.5 Å². The van der Waals surface area contributed by atoms with Gasteiger partial charge in [-0.2, -0.15) is 0 Å². The Morgan fingerprint density at radius 1 is 0.355 bits per heavy atom. The number of aromatic nitrogens is 2. The van der Waals surface area contributed by atoms with Gasteiger partial charge in [-0.3, -0.25) is 0 Å². The van der Waals surface area contributed by atoms with Gasteiger partial charge in [0, 0.05) is 56.6 Å². The van der Waals surface area contributed by atoms with E-state index in [2.05, 4.69) is 323 Å². The molecule has 2 aromatic heterocycles. The van der Waals surface area contributed by atoms with Gasteiger partial charge in [-0.25, -0.2) is 8.78 Å². The number of hydrogen-bond donors (Lipinski definition) is 2. The summed E-state index contributed by atoms with van der Waals surface area (Å²) < 4.78 is 44.0. The number of aryl methyl sites for hydroxylation is 2. The fourth-order valence-electron chi connectivity index (χ4n) is 17.7. The minimum Gasteiger partial charge on any atom is -0.711 e. The minimum absolute atomic E-state index is 0.00965. The molecule has 110 heavy (non-hydrogen) atoms. The Hall–Kier alpha value is -10.7. The molecule has 0 spiro atoms. The summed E-state index contributed by atoms with van der Waals surface area (Å²) in [5.41, 5.74) is 20.1. The van der Waals surface area contributed by atoms with E-state index in [4.69, 9.17) is 0 Å². The molecule has 0 radical (unpaired) electrons. The minimum atomic E-state index is -0.437. The summed E-state index contributed by atoms with van der Waals surface area (Å²) in [7, 11) is 9.29. The first-order chi connectivity index (χ1) is 52.2. The van der Waals surface area contributed by atoms with Crippen LogP contribution >= 0.6 is 0 Å². The van der Waals surface area contributed by atoms with Crippen molar-refractivity contribution < 1.29 is 27.7 Å². The first-order valence-corrected chi connectivity index (χ1v) is 39.1. The lowest BCUT2D eigenvalue weighted by atomic mass is 9.71. The number of nitrogens with zero attached hydrogens (tertiary/aromatic N) is 2. The molecule has 0 amide bonds. The third kappa shape index (κ3) is 15.1. The van der Waals surface area contributed by atoms with Gasteiger partial charge in [0.15, 0.2) is 0 Å². The van der Waals surface area contributed by atoms with Crippen LogP contribution in [0.3, 0.4) is 0 Å². The normalized spacial score (nSPS) is 12.5. The van der Waals surface area contributed by atoms with Gasteiger partial charge in [-0.05, 0) is 214 Å². The van der Waals surface area contributed by atoms with Gasteiger partial charge < -0.3 is 28.1 Å². The zero-order valence-electron chi connectivity index (χ0n) is 67.1. The largest absolute Gasteiger partial charge is 0.711 e. The molecule has 0 bridgehead atoms. The number of fused-ring (bicyclic) bond motifs is 6. The van der Waals surface area contributed by atoms with E-state index in [1.807, 2.05) is 26.0 Å². The standard InChI is InChI=1S/C102H106F2N2O4/c1-63(2)69-33-27-35-71(49-69)75-39-43-83-84-44-40-76(72-36-28-34-70(50-72)64(3)4)54-92(84)106(91(83)53-75)94-58-78(102(15,16)62-100(10,11)12)56-86(96(94)108)88-60-80(104)48-66(6)98(88)110(18)46-26-25-45-109(17)97-65(5)47-79(103)59-87(97)85-55-77(101(13,14)61-99(7,8)9)57-93(95(85)107)105-89-51-73(67-29-21-19-22-30-67)37-41-81(89)82-42-38-74(52-90(82)105)68-31-23-20-24-32-68/h19-24,27-44,47-60,63-64,107-108H,17-18,25-26,45-46,61-62H2,1-16H3. The summed E-state index contributed by atoms with van der Waals surface area (Å²) in [4.78, 5) is 0. The second kappa shape index (κ2) is 29.6. The molecule has 14 aromatic rings. The molecule has 562 valence electrons. The lowest BCUT2D eigenvalue weighted by molar-refractivity contribution is 0.00432. The van der Waals surface area contributed by atoms with Crippen LogP contribution in [-0.2, 0) is 19.6 Å². The average molecular weight is 1460 g/mol. The number of hydrogen-bond acceptors (Lipinski definition) is 2. The molecule has 6 nitrogen and oxygen atoms in total. The fraction of sp³-hybridized carbons (Fsp3) is 0.275. The van der Waals surface area contributed by atoms with Crippen LogP contribution < -0.4 is 0 Å². The summed E-state index contributed by atoms with van der Waals surface area (Å²) in [5, 5.41) is 31.3. The van der Waals surface area contributed by atoms with E-state index in [0.717, 1.165) is 112 Å². The van der Waals surface area contributed by atoms with Crippen molar-refractivity contribution in [2.75, 3.05) is 13.2 Å². The first-order valence-electron chi connectivity index (χ1n) is 39.1. The van der Waals surface area contributed by atoms with E-state index in [0.29, 0.717) is 94.1 Å². The molecule has 0 saturated heterocycles. The van der Waals surface area contributed by atoms with Crippen LogP contribution in [0.5, 0.6) is 23.0 Å². The van der Waals surface area contributed by atoms with Gasteiger partial charge in [0.25, 0.3) is 0 Å². The highest BCUT2D eigenvalue weighted by molar-refractivity contribution is 6.13. The molecule has 0 aliphatic heterocycles. The van der Waals surface area contributed by atoms with E-state index in [1.54, 1.807) is 0 Å². The molecule has 12 aromatic carbocycles. The Morgan fingerprint density at radius 2 is 0.664 bits per heavy atom. The van der Waals surface area contributed by atoms with Crippen LogP contribution in [0.4, 0.5) is 8.78 Å². The predicted octanol–water partition coefficient (Wildman–Crippen LogP) is 29.5. The third-order valence-electron chi connectivity index (χ3n) is 22.4. The summed E-state index contributed by atoms with van der Waals surface area (Å²) in [6, 6.07) is 79.4. The molecule has 2 N–H and O–H groups in total. The maximum Gasteiger partial charge on any atom is 0.237 e. The Bertz CT molecular complexity index is 5610. The maximum absolute atomic E-state index is 16.7. The van der Waals surface area contributed by atoms with Crippen molar-refractivity contribution in [2.24, 2.45) is 10.8 Å². The van der Waals surface area contributed by atoms with Gasteiger partial charge in [-0.1, -0.05) is 255 Å². The number of phenolic OH excluding ortho intramolecular Hbond substituents is 2. The maximum atomic E-state index is 16.7. The molecule has 0 aliphatic carbocycles. The molecular weight excluding hydrogens is 1360 g/mol. The predicted molar refractivity (Wildman–Crippen MR) is 460 cm³/mol. The second-order valence-corrected chi connectivity index (χ2v) is 35.2. The van der Waals surface area contributed by atoms with E-state index in [-0.39, 0.29) is 22.3 Å². The number of rotatable bonds is 21. The quantitative estimate of drug-likeness (QED) is 0.0428. The van der Waals surface area contributed by atoms with Crippen LogP contribution in [0.15, 0.2) is 231 Å². The average Bonchev–Trinajstić information content (AvgIpc) is 1.52. The van der Waals surface area contributed by atoms with Crippen molar-refractivity contribution >= 4 is 43.6 Å².